The third-order valence-corrected chi connectivity index (χ3v) is 11.5. The smallest absolute Gasteiger partial charge is 0.546 e. The molecule has 4 unspecified atom stereocenters. The molecule has 0 fully saturated rings. The number of ether oxygens (including phenoxy) is 4. The second-order valence-electron chi connectivity index (χ2n) is 17.5. The van der Waals surface area contributed by atoms with Crippen LogP contribution in [0, 0.1) is 0 Å². The van der Waals surface area contributed by atoms with Gasteiger partial charge in [-0.1, -0.05) is 203 Å². The molecule has 65 heavy (non-hydrogen) atoms. The molecule has 0 radical (unpaired) electrons. The molecule has 0 bridgehead atoms. The Morgan fingerprint density at radius 2 is 0.677 bits per heavy atom. The van der Waals surface area contributed by atoms with E-state index in [1.165, 1.54) is 115 Å². The third-order valence-electron chi connectivity index (χ3n) is 11.5. The topological polar surface area (TPSA) is 151 Å². The first-order valence-corrected chi connectivity index (χ1v) is 25.1. The van der Waals surface area contributed by atoms with Crippen LogP contribution in [0.4, 0.5) is 0 Å². The summed E-state index contributed by atoms with van der Waals surface area (Å²) in [4.78, 5) is 43.7. The zero-order valence-corrected chi connectivity index (χ0v) is 45.5. The van der Waals surface area contributed by atoms with E-state index in [9.17, 15) is 29.4 Å². The summed E-state index contributed by atoms with van der Waals surface area (Å²) in [7, 11) is 0. The summed E-state index contributed by atoms with van der Waals surface area (Å²) in [5.74, 6) is -3.75. The largest absolute Gasteiger partial charge is 2.00 e. The number of carboxylic acids is 2. The van der Waals surface area contributed by atoms with E-state index in [-0.39, 0.29) is 48.9 Å². The first-order valence-electron chi connectivity index (χ1n) is 25.1. The number of hydrogen-bond donors (Lipinski definition) is 0. The van der Waals surface area contributed by atoms with Crippen molar-refractivity contribution in [3.05, 3.63) is 71.8 Å². The molecule has 0 heterocycles. The number of carbonyl (C=O) groups excluding carboxylic acids is 4. The Kier molecular flexibility index (Phi) is 42.8. The van der Waals surface area contributed by atoms with Gasteiger partial charge in [-0.25, -0.2) is 0 Å². The fourth-order valence-electron chi connectivity index (χ4n) is 7.82. The number of esters is 2. The summed E-state index contributed by atoms with van der Waals surface area (Å²) in [5.41, 5.74) is 2.48. The Morgan fingerprint density at radius 1 is 0.415 bits per heavy atom. The maximum Gasteiger partial charge on any atom is 2.00 e. The molecule has 4 atom stereocenters. The molecule has 2 rings (SSSR count). The van der Waals surface area contributed by atoms with E-state index >= 15 is 0 Å². The summed E-state index contributed by atoms with van der Waals surface area (Å²) in [6, 6.07) is 20.8. The van der Waals surface area contributed by atoms with Gasteiger partial charge in [-0.3, -0.25) is 9.59 Å². The second-order valence-corrected chi connectivity index (χ2v) is 17.5. The van der Waals surface area contributed by atoms with Gasteiger partial charge in [0.15, 0.2) is 0 Å². The molecule has 0 saturated carbocycles. The Hall–Kier alpha value is -2.19. The number of carboxylic acid groups (broad SMARTS) is 2. The monoisotopic (exact) mass is 1030 g/mol. The van der Waals surface area contributed by atoms with Crippen molar-refractivity contribution in [3.8, 4) is 0 Å². The molecule has 364 valence electrons. The van der Waals surface area contributed by atoms with Crippen LogP contribution in [0.2, 0.25) is 0 Å². The zero-order valence-electron chi connectivity index (χ0n) is 41.1. The minimum Gasteiger partial charge on any atom is -0.546 e. The fourth-order valence-corrected chi connectivity index (χ4v) is 7.82. The van der Waals surface area contributed by atoms with Crippen LogP contribution in [0.5, 0.6) is 0 Å². The maximum atomic E-state index is 10.9. The molecule has 2 aromatic rings. The van der Waals surface area contributed by atoms with Gasteiger partial charge in [0.1, 0.15) is 12.2 Å². The van der Waals surface area contributed by atoms with Gasteiger partial charge >= 0.3 is 60.8 Å². The van der Waals surface area contributed by atoms with E-state index in [1.807, 2.05) is 12.1 Å². The average Bonchev–Trinajstić information content (AvgIpc) is 3.27. The zero-order chi connectivity index (χ0) is 46.9. The molecule has 2 aromatic carbocycles. The van der Waals surface area contributed by atoms with Gasteiger partial charge in [-0.2, -0.15) is 0 Å². The molecule has 11 heteroatoms. The van der Waals surface area contributed by atoms with E-state index in [1.54, 1.807) is 0 Å². The number of benzene rings is 2. The molecule has 0 N–H and O–H groups in total. The maximum absolute atomic E-state index is 10.9. The van der Waals surface area contributed by atoms with Gasteiger partial charge in [-0.15, -0.1) is 0 Å². The Labute approximate surface area is 434 Å². The SMILES string of the molecule is CCCCCC(CCCCCCCCCCC(OC(C)=O)C(=O)[O-])OCc1ccccc1.CCCCCC(CCCCCCCCCCC(OC(C)=O)C(=O)[O-])OCc1ccccc1.[Ba+2]. The fraction of sp³-hybridized carbons (Fsp3) is 0.704. The van der Waals surface area contributed by atoms with Crippen molar-refractivity contribution in [2.24, 2.45) is 0 Å². The summed E-state index contributed by atoms with van der Waals surface area (Å²) in [6.07, 6.45) is 28.9. The molecule has 0 aliphatic rings. The normalized spacial score (nSPS) is 12.7. The van der Waals surface area contributed by atoms with Crippen LogP contribution >= 0.6 is 0 Å². The molecular formula is C54H86BaO10. The van der Waals surface area contributed by atoms with Crippen molar-refractivity contribution in [2.45, 2.75) is 245 Å². The molecule has 0 saturated heterocycles. The van der Waals surface area contributed by atoms with Gasteiger partial charge in [0.05, 0.1) is 37.4 Å². The van der Waals surface area contributed by atoms with Gasteiger partial charge in [0.25, 0.3) is 0 Å². The summed E-state index contributed by atoms with van der Waals surface area (Å²) in [5, 5.41) is 21.9. The quantitative estimate of drug-likeness (QED) is 0.0358. The van der Waals surface area contributed by atoms with Crippen LogP contribution in [0.15, 0.2) is 60.7 Å². The molecule has 10 nitrogen and oxygen atoms in total. The Balaban J connectivity index is 0.00000124. The second kappa shape index (κ2) is 44.3. The van der Waals surface area contributed by atoms with Gasteiger partial charge in [-0.05, 0) is 62.5 Å². The van der Waals surface area contributed by atoms with Crippen LogP contribution in [-0.4, -0.2) is 97.2 Å². The predicted octanol–water partition coefficient (Wildman–Crippen LogP) is 11.1. The van der Waals surface area contributed by atoms with Crippen molar-refractivity contribution >= 4 is 72.8 Å². The van der Waals surface area contributed by atoms with Crippen LogP contribution in [0.3, 0.4) is 0 Å². The minimum atomic E-state index is -1.30. The number of carbonyl (C=O) groups is 4. The average molecular weight is 1030 g/mol. The number of unbranched alkanes of at least 4 members (excludes halogenated alkanes) is 18. The standard InChI is InChI=1S/2C27H44O5.Ba/c2*1-3-4-12-19-25(31-22-24-17-13-11-14-18-24)20-15-9-7-5-6-8-10-16-21-26(27(29)30)32-23(2)28;/h2*11,13-14,17-18,25-26H,3-10,12,15-16,19-22H2,1-2H3,(H,29,30);/q;;+2/p-2. The van der Waals surface area contributed by atoms with E-state index in [4.69, 9.17) is 18.9 Å². The minimum absolute atomic E-state index is 0. The molecule has 0 spiro atoms. The van der Waals surface area contributed by atoms with Crippen LogP contribution < -0.4 is 10.2 Å². The van der Waals surface area contributed by atoms with E-state index in [0.29, 0.717) is 38.3 Å². The van der Waals surface area contributed by atoms with Gasteiger partial charge in [0, 0.05) is 13.8 Å². The molecule has 0 aliphatic carbocycles. The van der Waals surface area contributed by atoms with Crippen molar-refractivity contribution in [1.29, 1.82) is 0 Å². The van der Waals surface area contributed by atoms with Crippen molar-refractivity contribution in [3.63, 3.8) is 0 Å². The van der Waals surface area contributed by atoms with Crippen molar-refractivity contribution in [1.82, 2.24) is 0 Å². The number of rotatable bonds is 40. The van der Waals surface area contributed by atoms with E-state index in [0.717, 1.165) is 77.0 Å². The summed E-state index contributed by atoms with van der Waals surface area (Å²) < 4.78 is 22.0. The number of hydrogen-bond acceptors (Lipinski definition) is 10. The van der Waals surface area contributed by atoms with Crippen molar-refractivity contribution < 1.29 is 48.3 Å². The molecule has 0 aliphatic heterocycles. The van der Waals surface area contributed by atoms with Gasteiger partial charge < -0.3 is 38.7 Å². The molecular weight excluding hydrogens is 946 g/mol. The Morgan fingerprint density at radius 3 is 0.938 bits per heavy atom. The Bertz CT molecular complexity index is 1320. The third kappa shape index (κ3) is 38.5. The molecule has 0 aromatic heterocycles. The first kappa shape index (κ1) is 62.8. The first-order chi connectivity index (χ1) is 31.0. The van der Waals surface area contributed by atoms with Crippen LogP contribution in [-0.2, 0) is 51.3 Å². The van der Waals surface area contributed by atoms with E-state index < -0.39 is 36.1 Å². The van der Waals surface area contributed by atoms with E-state index in [2.05, 4.69) is 62.4 Å². The predicted molar refractivity (Wildman–Crippen MR) is 258 cm³/mol. The van der Waals surface area contributed by atoms with Crippen LogP contribution in [0.25, 0.3) is 0 Å². The van der Waals surface area contributed by atoms with Crippen LogP contribution in [0.1, 0.15) is 219 Å². The number of aliphatic carboxylic acids is 2. The summed E-state index contributed by atoms with van der Waals surface area (Å²) in [6.45, 7) is 8.32. The summed E-state index contributed by atoms with van der Waals surface area (Å²) >= 11 is 0. The van der Waals surface area contributed by atoms with Crippen molar-refractivity contribution in [2.75, 3.05) is 0 Å². The molecule has 0 amide bonds. The van der Waals surface area contributed by atoms with Gasteiger partial charge in [0.2, 0.25) is 0 Å².